The summed E-state index contributed by atoms with van der Waals surface area (Å²) in [4.78, 5) is 3.42. The first-order valence-corrected chi connectivity index (χ1v) is 4.84. The van der Waals surface area contributed by atoms with Gasteiger partial charge in [-0.25, -0.2) is 4.99 Å². The van der Waals surface area contributed by atoms with E-state index in [1.165, 1.54) is 24.3 Å². The molecule has 0 aliphatic carbocycles. The van der Waals surface area contributed by atoms with Crippen LogP contribution in [0.2, 0.25) is 5.02 Å². The molecule has 2 nitrogen and oxygen atoms in total. The second kappa shape index (κ2) is 3.75. The number of rotatable bonds is 1. The molecule has 6 heteroatoms. The van der Waals surface area contributed by atoms with Crippen molar-refractivity contribution in [3.63, 3.8) is 0 Å². The summed E-state index contributed by atoms with van der Waals surface area (Å²) in [5, 5.41) is 0.364. The van der Waals surface area contributed by atoms with Crippen molar-refractivity contribution in [3.8, 4) is 0 Å². The molecule has 1 heterocycles. The average Bonchev–Trinajstić information content (AvgIpc) is 2.68. The topological polar surface area (TPSA) is 21.6 Å². The Kier molecular flexibility index (Phi) is 2.67. The zero-order valence-corrected chi connectivity index (χ0v) is 8.72. The Labute approximate surface area is 94.7 Å². The Hall–Kier alpha value is -1.07. The van der Waals surface area contributed by atoms with Crippen LogP contribution in [0.25, 0.3) is 0 Å². The molecule has 16 heavy (non-hydrogen) atoms. The quantitative estimate of drug-likeness (QED) is 0.749. The van der Waals surface area contributed by atoms with Crippen LogP contribution in [0.5, 0.6) is 0 Å². The van der Waals surface area contributed by atoms with Crippen molar-refractivity contribution in [3.05, 3.63) is 34.9 Å². The van der Waals surface area contributed by atoms with Gasteiger partial charge in [0.2, 0.25) is 0 Å². The molecule has 0 amide bonds. The number of benzene rings is 1. The molecule has 86 valence electrons. The normalized spacial score (nSPS) is 25.0. The third-order valence-corrected chi connectivity index (χ3v) is 2.51. The highest BCUT2D eigenvalue weighted by Crippen LogP contribution is 2.45. The molecule has 0 saturated heterocycles. The van der Waals surface area contributed by atoms with Crippen LogP contribution in [0.4, 0.5) is 13.2 Å². The van der Waals surface area contributed by atoms with Crippen LogP contribution in [0.3, 0.4) is 0 Å². The molecule has 0 fully saturated rings. The van der Waals surface area contributed by atoms with Gasteiger partial charge in [-0.1, -0.05) is 23.7 Å². The van der Waals surface area contributed by atoms with Gasteiger partial charge in [-0.2, -0.15) is 13.2 Å². The lowest BCUT2D eigenvalue weighted by Crippen LogP contribution is -2.40. The van der Waals surface area contributed by atoms with Crippen LogP contribution in [-0.2, 0) is 10.5 Å². The highest BCUT2D eigenvalue weighted by molar-refractivity contribution is 6.30. The zero-order chi connectivity index (χ0) is 11.8. The van der Waals surface area contributed by atoms with Crippen molar-refractivity contribution < 1.29 is 17.9 Å². The Balaban J connectivity index is 2.49. The molecular weight excluding hydrogens is 243 g/mol. The predicted molar refractivity (Wildman–Crippen MR) is 53.6 cm³/mol. The number of hydrogen-bond acceptors (Lipinski definition) is 2. The van der Waals surface area contributed by atoms with Gasteiger partial charge in [-0.3, -0.25) is 0 Å². The van der Waals surface area contributed by atoms with E-state index in [4.69, 9.17) is 16.3 Å². The lowest BCUT2D eigenvalue weighted by atomic mass is 10.0. The summed E-state index contributed by atoms with van der Waals surface area (Å²) in [5.41, 5.74) is -2.64. The molecule has 1 atom stereocenters. The van der Waals surface area contributed by atoms with Crippen LogP contribution in [0.1, 0.15) is 5.56 Å². The maximum atomic E-state index is 12.9. The maximum Gasteiger partial charge on any atom is 0.443 e. The van der Waals surface area contributed by atoms with Gasteiger partial charge in [0.25, 0.3) is 5.72 Å². The predicted octanol–water partition coefficient (Wildman–Crippen LogP) is 3.16. The molecule has 1 aromatic rings. The second-order valence-electron chi connectivity index (χ2n) is 3.27. The standard InChI is InChI=1S/C10H7ClF3NO/c11-8-3-1-7(2-4-8)9(10(12,13)14)15-5-6-16-9/h1-5H,6H2. The molecule has 0 spiro atoms. The van der Waals surface area contributed by atoms with Gasteiger partial charge in [0.15, 0.2) is 0 Å². The zero-order valence-electron chi connectivity index (χ0n) is 7.96. The number of ether oxygens (including phenoxy) is 1. The van der Waals surface area contributed by atoms with Gasteiger partial charge in [-0.05, 0) is 12.1 Å². The van der Waals surface area contributed by atoms with Crippen LogP contribution in [0.15, 0.2) is 29.3 Å². The number of nitrogens with zero attached hydrogens (tertiary/aromatic N) is 1. The summed E-state index contributed by atoms with van der Waals surface area (Å²) in [7, 11) is 0. The molecule has 1 aromatic carbocycles. The van der Waals surface area contributed by atoms with E-state index in [0.717, 1.165) is 6.21 Å². The lowest BCUT2D eigenvalue weighted by Gasteiger charge is -2.28. The molecule has 0 radical (unpaired) electrons. The first-order chi connectivity index (χ1) is 7.46. The summed E-state index contributed by atoms with van der Waals surface area (Å²) in [6.07, 6.45) is -3.48. The summed E-state index contributed by atoms with van der Waals surface area (Å²) in [6, 6.07) is 5.28. The van der Waals surface area contributed by atoms with Crippen molar-refractivity contribution in [1.29, 1.82) is 0 Å². The average molecular weight is 250 g/mol. The number of hydrogen-bond donors (Lipinski definition) is 0. The minimum atomic E-state index is -4.59. The highest BCUT2D eigenvalue weighted by atomic mass is 35.5. The summed E-state index contributed by atoms with van der Waals surface area (Å²) >= 11 is 5.62. The third kappa shape index (κ3) is 1.70. The minimum Gasteiger partial charge on any atom is -0.337 e. The number of halogens is 4. The number of alkyl halides is 3. The fourth-order valence-corrected chi connectivity index (χ4v) is 1.64. The van der Waals surface area contributed by atoms with Crippen molar-refractivity contribution >= 4 is 17.8 Å². The molecule has 1 aliphatic heterocycles. The van der Waals surface area contributed by atoms with Gasteiger partial charge in [-0.15, -0.1) is 0 Å². The van der Waals surface area contributed by atoms with Crippen LogP contribution >= 0.6 is 11.6 Å². The number of aliphatic imine (C=N–C) groups is 1. The Bertz CT molecular complexity index is 415. The Morgan fingerprint density at radius 2 is 1.88 bits per heavy atom. The molecular formula is C10H7ClF3NO. The van der Waals surface area contributed by atoms with Crippen molar-refractivity contribution in [2.75, 3.05) is 6.61 Å². The Morgan fingerprint density at radius 1 is 1.25 bits per heavy atom. The van der Waals surface area contributed by atoms with Crippen molar-refractivity contribution in [1.82, 2.24) is 0 Å². The van der Waals surface area contributed by atoms with Crippen LogP contribution in [0, 0.1) is 0 Å². The van der Waals surface area contributed by atoms with E-state index in [1.807, 2.05) is 0 Å². The molecule has 0 aromatic heterocycles. The van der Waals surface area contributed by atoms with E-state index >= 15 is 0 Å². The summed E-state index contributed by atoms with van der Waals surface area (Å²) in [6.45, 7) is -0.151. The van der Waals surface area contributed by atoms with Gasteiger partial charge in [0.1, 0.15) is 0 Å². The largest absolute Gasteiger partial charge is 0.443 e. The minimum absolute atomic E-state index is 0.0712. The van der Waals surface area contributed by atoms with Crippen LogP contribution in [-0.4, -0.2) is 19.0 Å². The van der Waals surface area contributed by atoms with Gasteiger partial charge in [0, 0.05) is 16.8 Å². The molecule has 0 bridgehead atoms. The SMILES string of the molecule is FC(F)(F)C1(c2ccc(Cl)cc2)N=CCO1. The monoisotopic (exact) mass is 249 g/mol. The first kappa shape index (κ1) is 11.4. The van der Waals surface area contributed by atoms with E-state index < -0.39 is 11.9 Å². The van der Waals surface area contributed by atoms with E-state index in [1.54, 1.807) is 0 Å². The van der Waals surface area contributed by atoms with Gasteiger partial charge >= 0.3 is 6.18 Å². The summed E-state index contributed by atoms with van der Waals surface area (Å²) < 4.78 is 43.5. The van der Waals surface area contributed by atoms with E-state index in [-0.39, 0.29) is 12.2 Å². The second-order valence-corrected chi connectivity index (χ2v) is 3.71. The molecule has 0 N–H and O–H groups in total. The highest BCUT2D eigenvalue weighted by Gasteiger charge is 2.59. The summed E-state index contributed by atoms with van der Waals surface area (Å²) in [5.74, 6) is 0. The molecule has 1 unspecified atom stereocenters. The third-order valence-electron chi connectivity index (χ3n) is 2.26. The maximum absolute atomic E-state index is 12.9. The van der Waals surface area contributed by atoms with E-state index in [2.05, 4.69) is 4.99 Å². The molecule has 0 saturated carbocycles. The van der Waals surface area contributed by atoms with Crippen LogP contribution < -0.4 is 0 Å². The lowest BCUT2D eigenvalue weighted by molar-refractivity contribution is -0.270. The fourth-order valence-electron chi connectivity index (χ4n) is 1.51. The van der Waals surface area contributed by atoms with E-state index in [9.17, 15) is 13.2 Å². The van der Waals surface area contributed by atoms with Crippen molar-refractivity contribution in [2.45, 2.75) is 11.9 Å². The fraction of sp³-hybridized carbons (Fsp3) is 0.300. The van der Waals surface area contributed by atoms with Gasteiger partial charge < -0.3 is 4.74 Å². The van der Waals surface area contributed by atoms with Gasteiger partial charge in [0.05, 0.1) is 6.61 Å². The van der Waals surface area contributed by atoms with Crippen molar-refractivity contribution in [2.24, 2.45) is 4.99 Å². The Morgan fingerprint density at radius 3 is 2.31 bits per heavy atom. The molecule has 2 rings (SSSR count). The van der Waals surface area contributed by atoms with E-state index in [0.29, 0.717) is 5.02 Å². The smallest absolute Gasteiger partial charge is 0.337 e. The molecule has 1 aliphatic rings. The first-order valence-electron chi connectivity index (χ1n) is 4.46.